The fraction of sp³-hybridized carbons (Fsp3) is 0.167. The summed E-state index contributed by atoms with van der Waals surface area (Å²) in [7, 11) is -3.71. The molecule has 8 heteroatoms. The summed E-state index contributed by atoms with van der Waals surface area (Å²) in [5.41, 5.74) is 2.66. The molecule has 0 aliphatic rings. The van der Waals surface area contributed by atoms with Crippen molar-refractivity contribution in [3.8, 4) is 0 Å². The second kappa shape index (κ2) is 9.50. The lowest BCUT2D eigenvalue weighted by Gasteiger charge is -2.19. The highest BCUT2D eigenvalue weighted by Crippen LogP contribution is 2.22. The van der Waals surface area contributed by atoms with E-state index in [9.17, 15) is 13.2 Å². The Kier molecular flexibility index (Phi) is 6.96. The van der Waals surface area contributed by atoms with Gasteiger partial charge in [-0.2, -0.15) is 0 Å². The van der Waals surface area contributed by atoms with E-state index in [4.69, 9.17) is 12.2 Å². The van der Waals surface area contributed by atoms with Crippen molar-refractivity contribution >= 4 is 44.6 Å². The summed E-state index contributed by atoms with van der Waals surface area (Å²) in [5.74, 6) is -0.325. The minimum Gasteiger partial charge on any atom is -0.332 e. The Hall–Kier alpha value is -3.23. The standard InChI is InChI=1S/C24H25N3O3S2/c1-24(2,3)18-11-9-17(10-12-18)22(28)26-23(31)25-19-13-15-21(16-14-19)32(29,30)27-20-7-5-4-6-8-20/h4-16,27H,1-3H3,(H2,25,26,28,31). The quantitative estimate of drug-likeness (QED) is 0.464. The summed E-state index contributed by atoms with van der Waals surface area (Å²) in [5, 5.41) is 5.64. The zero-order valence-electron chi connectivity index (χ0n) is 18.0. The van der Waals surface area contributed by atoms with Crippen LogP contribution in [0.2, 0.25) is 0 Å². The first kappa shape index (κ1) is 23.4. The molecule has 0 spiro atoms. The van der Waals surface area contributed by atoms with Gasteiger partial charge in [-0.15, -0.1) is 0 Å². The molecule has 0 unspecified atom stereocenters. The number of amides is 1. The molecule has 0 aliphatic carbocycles. The van der Waals surface area contributed by atoms with Gasteiger partial charge in [-0.1, -0.05) is 51.1 Å². The predicted molar refractivity (Wildman–Crippen MR) is 133 cm³/mol. The molecule has 3 aromatic rings. The molecule has 0 aliphatic heterocycles. The van der Waals surface area contributed by atoms with Crippen molar-refractivity contribution in [3.63, 3.8) is 0 Å². The Morgan fingerprint density at radius 1 is 0.812 bits per heavy atom. The number of sulfonamides is 1. The molecule has 32 heavy (non-hydrogen) atoms. The van der Waals surface area contributed by atoms with Crippen LogP contribution >= 0.6 is 12.2 Å². The number of rotatable bonds is 5. The van der Waals surface area contributed by atoms with Gasteiger partial charge in [0, 0.05) is 16.9 Å². The van der Waals surface area contributed by atoms with Crippen LogP contribution in [0, 0.1) is 0 Å². The molecule has 6 nitrogen and oxygen atoms in total. The molecule has 0 radical (unpaired) electrons. The molecule has 3 N–H and O–H groups in total. The van der Waals surface area contributed by atoms with Crippen LogP contribution in [0.3, 0.4) is 0 Å². The first-order chi connectivity index (χ1) is 15.0. The lowest BCUT2D eigenvalue weighted by Crippen LogP contribution is -2.34. The van der Waals surface area contributed by atoms with Crippen molar-refractivity contribution in [3.05, 3.63) is 90.0 Å². The molecule has 1 amide bonds. The molecule has 0 atom stereocenters. The molecule has 3 rings (SSSR count). The first-order valence-electron chi connectivity index (χ1n) is 9.95. The molecular weight excluding hydrogens is 442 g/mol. The minimum absolute atomic E-state index is 0.00210. The number of benzene rings is 3. The van der Waals surface area contributed by atoms with Crippen LogP contribution in [-0.4, -0.2) is 19.4 Å². The van der Waals surface area contributed by atoms with Crippen molar-refractivity contribution in [2.75, 3.05) is 10.0 Å². The largest absolute Gasteiger partial charge is 0.332 e. The summed E-state index contributed by atoms with van der Waals surface area (Å²) in [6.45, 7) is 6.32. The Bertz CT molecular complexity index is 1200. The number of nitrogens with one attached hydrogen (secondary N) is 3. The first-order valence-corrected chi connectivity index (χ1v) is 11.8. The van der Waals surface area contributed by atoms with E-state index in [1.165, 1.54) is 12.1 Å². The topological polar surface area (TPSA) is 87.3 Å². The molecule has 0 heterocycles. The smallest absolute Gasteiger partial charge is 0.261 e. The second-order valence-electron chi connectivity index (χ2n) is 8.23. The van der Waals surface area contributed by atoms with Crippen molar-refractivity contribution in [1.29, 1.82) is 0 Å². The average molecular weight is 468 g/mol. The van der Waals surface area contributed by atoms with Crippen molar-refractivity contribution in [2.45, 2.75) is 31.1 Å². The van der Waals surface area contributed by atoms with Gasteiger partial charge in [0.1, 0.15) is 0 Å². The molecule has 3 aromatic carbocycles. The van der Waals surface area contributed by atoms with E-state index in [-0.39, 0.29) is 21.3 Å². The Morgan fingerprint density at radius 2 is 1.41 bits per heavy atom. The molecule has 0 fully saturated rings. The Labute approximate surface area is 194 Å². The predicted octanol–water partition coefficient (Wildman–Crippen LogP) is 4.91. The summed E-state index contributed by atoms with van der Waals surface area (Å²) in [6, 6.07) is 22.1. The van der Waals surface area contributed by atoms with Crippen LogP contribution in [0.15, 0.2) is 83.8 Å². The van der Waals surface area contributed by atoms with Gasteiger partial charge in [-0.3, -0.25) is 14.8 Å². The number of para-hydroxylation sites is 1. The van der Waals surface area contributed by atoms with Gasteiger partial charge in [0.25, 0.3) is 15.9 Å². The van der Waals surface area contributed by atoms with E-state index >= 15 is 0 Å². The maximum absolute atomic E-state index is 12.5. The zero-order valence-corrected chi connectivity index (χ0v) is 19.7. The third-order valence-corrected chi connectivity index (χ3v) is 6.29. The number of hydrogen-bond acceptors (Lipinski definition) is 4. The van der Waals surface area contributed by atoms with Crippen molar-refractivity contribution in [1.82, 2.24) is 5.32 Å². The van der Waals surface area contributed by atoms with Gasteiger partial charge in [-0.05, 0) is 71.7 Å². The monoisotopic (exact) mass is 467 g/mol. The summed E-state index contributed by atoms with van der Waals surface area (Å²) in [6.07, 6.45) is 0. The molecule has 166 valence electrons. The van der Waals surface area contributed by atoms with Crippen molar-refractivity contribution < 1.29 is 13.2 Å². The van der Waals surface area contributed by atoms with E-state index < -0.39 is 10.0 Å². The normalized spacial score (nSPS) is 11.5. The van der Waals surface area contributed by atoms with Gasteiger partial charge in [0.05, 0.1) is 4.90 Å². The molecular formula is C24H25N3O3S2. The molecule has 0 aromatic heterocycles. The summed E-state index contributed by atoms with van der Waals surface area (Å²) >= 11 is 5.22. The van der Waals surface area contributed by atoms with Crippen LogP contribution in [0.5, 0.6) is 0 Å². The minimum atomic E-state index is -3.71. The maximum atomic E-state index is 12.5. The van der Waals surface area contributed by atoms with Crippen LogP contribution in [0.4, 0.5) is 11.4 Å². The Morgan fingerprint density at radius 3 is 1.97 bits per heavy atom. The number of anilines is 2. The fourth-order valence-electron chi connectivity index (χ4n) is 2.90. The third-order valence-electron chi connectivity index (χ3n) is 4.69. The zero-order chi connectivity index (χ0) is 23.4. The number of hydrogen-bond donors (Lipinski definition) is 3. The van der Waals surface area contributed by atoms with Gasteiger partial charge in [0.15, 0.2) is 5.11 Å². The van der Waals surface area contributed by atoms with Crippen LogP contribution < -0.4 is 15.4 Å². The van der Waals surface area contributed by atoms with Crippen molar-refractivity contribution in [2.24, 2.45) is 0 Å². The molecule has 0 bridgehead atoms. The van der Waals surface area contributed by atoms with Gasteiger partial charge < -0.3 is 5.32 Å². The van der Waals surface area contributed by atoms with Gasteiger partial charge in [-0.25, -0.2) is 8.42 Å². The van der Waals surface area contributed by atoms with E-state index in [1.54, 1.807) is 54.6 Å². The van der Waals surface area contributed by atoms with E-state index in [0.29, 0.717) is 16.9 Å². The summed E-state index contributed by atoms with van der Waals surface area (Å²) in [4.78, 5) is 12.6. The summed E-state index contributed by atoms with van der Waals surface area (Å²) < 4.78 is 27.5. The number of thiocarbonyl (C=S) groups is 1. The lowest BCUT2D eigenvalue weighted by molar-refractivity contribution is 0.0977. The lowest BCUT2D eigenvalue weighted by atomic mass is 9.87. The molecule has 0 saturated heterocycles. The average Bonchev–Trinajstić information content (AvgIpc) is 2.74. The fourth-order valence-corrected chi connectivity index (χ4v) is 4.17. The van der Waals surface area contributed by atoms with Gasteiger partial charge in [0.2, 0.25) is 0 Å². The van der Waals surface area contributed by atoms with E-state index in [2.05, 4.69) is 36.1 Å². The Balaban J connectivity index is 1.60. The highest BCUT2D eigenvalue weighted by Gasteiger charge is 2.16. The van der Waals surface area contributed by atoms with Crippen LogP contribution in [0.25, 0.3) is 0 Å². The van der Waals surface area contributed by atoms with E-state index in [0.717, 1.165) is 5.56 Å². The number of carbonyl (C=O) groups excluding carboxylic acids is 1. The van der Waals surface area contributed by atoms with Crippen LogP contribution in [-0.2, 0) is 15.4 Å². The highest BCUT2D eigenvalue weighted by molar-refractivity contribution is 7.92. The highest BCUT2D eigenvalue weighted by atomic mass is 32.2. The van der Waals surface area contributed by atoms with E-state index in [1.807, 2.05) is 12.1 Å². The molecule has 0 saturated carbocycles. The van der Waals surface area contributed by atoms with Gasteiger partial charge >= 0.3 is 0 Å². The SMILES string of the molecule is CC(C)(C)c1ccc(C(=O)NC(=S)Nc2ccc(S(=O)(=O)Nc3ccccc3)cc2)cc1. The third kappa shape index (κ3) is 6.15. The van der Waals surface area contributed by atoms with Crippen LogP contribution in [0.1, 0.15) is 36.7 Å². The maximum Gasteiger partial charge on any atom is 0.261 e. The number of carbonyl (C=O) groups is 1. The second-order valence-corrected chi connectivity index (χ2v) is 10.3.